The highest BCUT2D eigenvalue weighted by Gasteiger charge is 2.67. The van der Waals surface area contributed by atoms with E-state index in [0.29, 0.717) is 24.0 Å². The van der Waals surface area contributed by atoms with E-state index >= 15 is 0 Å². The molecule has 11 heteroatoms. The maximum Gasteiger partial charge on any atom is 0.351 e. The lowest BCUT2D eigenvalue weighted by molar-refractivity contribution is 0.0296. The van der Waals surface area contributed by atoms with Gasteiger partial charge in [-0.3, -0.25) is 4.57 Å². The van der Waals surface area contributed by atoms with Crippen molar-refractivity contribution in [3.63, 3.8) is 0 Å². The molecule has 2 saturated carbocycles. The molecule has 4 rings (SSSR count). The normalized spacial score (nSPS) is 33.1. The molecule has 124 valence electrons. The first-order valence-electron chi connectivity index (χ1n) is 7.10. The molecule has 23 heavy (non-hydrogen) atoms. The molecule has 2 fully saturated rings. The second-order valence-electron chi connectivity index (χ2n) is 6.16. The average molecular weight is 341 g/mol. The zero-order chi connectivity index (χ0) is 16.4. The number of aliphatic hydroxyl groups is 1. The summed E-state index contributed by atoms with van der Waals surface area (Å²) in [6.07, 6.45) is 2.50. The molecule has 0 aliphatic heterocycles. The summed E-state index contributed by atoms with van der Waals surface area (Å²) < 4.78 is 18.2. The third-order valence-electron chi connectivity index (χ3n) is 4.67. The van der Waals surface area contributed by atoms with Crippen LogP contribution in [0.4, 0.5) is 5.82 Å². The highest BCUT2D eigenvalue weighted by Crippen LogP contribution is 2.64. The van der Waals surface area contributed by atoms with Gasteiger partial charge in [0.25, 0.3) is 0 Å². The molecule has 0 amide bonds. The molecular formula is C12H16N5O5P. The summed E-state index contributed by atoms with van der Waals surface area (Å²) in [7, 11) is -4.24. The highest BCUT2D eigenvalue weighted by atomic mass is 31.2. The van der Waals surface area contributed by atoms with Crippen molar-refractivity contribution < 1.29 is 24.2 Å². The Labute approximate surface area is 130 Å². The second-order valence-corrected chi connectivity index (χ2v) is 7.75. The monoisotopic (exact) mass is 341 g/mol. The second kappa shape index (κ2) is 4.71. The number of nitrogen functional groups attached to an aromatic ring is 1. The summed E-state index contributed by atoms with van der Waals surface area (Å²) >= 11 is 0. The average Bonchev–Trinajstić information content (AvgIpc) is 2.85. The summed E-state index contributed by atoms with van der Waals surface area (Å²) in [6.45, 7) is 0. The molecule has 4 atom stereocenters. The lowest BCUT2D eigenvalue weighted by atomic mass is 10.1. The van der Waals surface area contributed by atoms with Gasteiger partial charge in [0.1, 0.15) is 18.2 Å². The molecule has 5 N–H and O–H groups in total. The molecule has 2 aliphatic carbocycles. The van der Waals surface area contributed by atoms with Gasteiger partial charge in [0.15, 0.2) is 11.5 Å². The fourth-order valence-electron chi connectivity index (χ4n) is 3.63. The standard InChI is InChI=1S/C12H16N5O5P/c13-10-8-11(15-3-14-10)17(4-16-8)9-6-1-12(6,2-7(9)18)22-5-23(19,20)21/h3-4,6-7,9,18H,1-2,5H2,(H2,13,14,15)(H2,19,20,21)/t6?,7-,9+,12+/m0/s1. The van der Waals surface area contributed by atoms with Crippen molar-refractivity contribution in [2.75, 3.05) is 12.1 Å². The van der Waals surface area contributed by atoms with E-state index in [-0.39, 0.29) is 17.8 Å². The topological polar surface area (TPSA) is 157 Å². The van der Waals surface area contributed by atoms with Crippen LogP contribution in [-0.4, -0.2) is 52.5 Å². The lowest BCUT2D eigenvalue weighted by Gasteiger charge is -2.19. The largest absolute Gasteiger partial charge is 0.391 e. The Balaban J connectivity index is 1.63. The van der Waals surface area contributed by atoms with Gasteiger partial charge in [-0.1, -0.05) is 0 Å². The summed E-state index contributed by atoms with van der Waals surface area (Å²) in [5, 5.41) is 10.4. The van der Waals surface area contributed by atoms with E-state index in [1.54, 1.807) is 10.9 Å². The van der Waals surface area contributed by atoms with Crippen LogP contribution in [0.2, 0.25) is 0 Å². The summed E-state index contributed by atoms with van der Waals surface area (Å²) in [6, 6.07) is -0.314. The van der Waals surface area contributed by atoms with Gasteiger partial charge in [-0.2, -0.15) is 0 Å². The van der Waals surface area contributed by atoms with Gasteiger partial charge in [-0.25, -0.2) is 15.0 Å². The highest BCUT2D eigenvalue weighted by molar-refractivity contribution is 7.51. The van der Waals surface area contributed by atoms with Crippen LogP contribution in [0.25, 0.3) is 11.2 Å². The zero-order valence-corrected chi connectivity index (χ0v) is 12.9. The third kappa shape index (κ3) is 2.34. The minimum Gasteiger partial charge on any atom is -0.391 e. The molecule has 2 aliphatic rings. The molecule has 0 aromatic carbocycles. The van der Waals surface area contributed by atoms with Gasteiger partial charge < -0.3 is 29.9 Å². The van der Waals surface area contributed by atoms with Gasteiger partial charge in [0.2, 0.25) is 0 Å². The summed E-state index contributed by atoms with van der Waals surface area (Å²) in [5.41, 5.74) is 6.08. The van der Waals surface area contributed by atoms with E-state index in [2.05, 4.69) is 15.0 Å². The van der Waals surface area contributed by atoms with Gasteiger partial charge in [-0.05, 0) is 6.42 Å². The number of hydrogen-bond acceptors (Lipinski definition) is 7. The molecule has 0 saturated heterocycles. The molecule has 2 aromatic heterocycles. The van der Waals surface area contributed by atoms with Crippen LogP contribution in [0, 0.1) is 5.92 Å². The summed E-state index contributed by atoms with van der Waals surface area (Å²) in [5.74, 6) is 0.221. The minimum absolute atomic E-state index is 0.0439. The van der Waals surface area contributed by atoms with Crippen molar-refractivity contribution in [2.24, 2.45) is 5.92 Å². The van der Waals surface area contributed by atoms with Gasteiger partial charge >= 0.3 is 7.60 Å². The van der Waals surface area contributed by atoms with E-state index in [4.69, 9.17) is 20.3 Å². The van der Waals surface area contributed by atoms with Gasteiger partial charge in [0, 0.05) is 12.3 Å². The molecule has 0 bridgehead atoms. The molecule has 10 nitrogen and oxygen atoms in total. The van der Waals surface area contributed by atoms with Gasteiger partial charge in [0.05, 0.1) is 24.1 Å². The maximum absolute atomic E-state index is 11.0. The van der Waals surface area contributed by atoms with Crippen LogP contribution >= 0.6 is 7.60 Å². The van der Waals surface area contributed by atoms with E-state index < -0.39 is 25.6 Å². The number of aliphatic hydroxyl groups excluding tert-OH is 1. The Morgan fingerprint density at radius 3 is 2.91 bits per heavy atom. The zero-order valence-electron chi connectivity index (χ0n) is 12.0. The Morgan fingerprint density at radius 1 is 1.39 bits per heavy atom. The number of hydrogen-bond donors (Lipinski definition) is 4. The van der Waals surface area contributed by atoms with E-state index in [1.807, 2.05) is 0 Å². The fraction of sp³-hybridized carbons (Fsp3) is 0.583. The van der Waals surface area contributed by atoms with Crippen LogP contribution < -0.4 is 5.73 Å². The van der Waals surface area contributed by atoms with Crippen LogP contribution in [0.5, 0.6) is 0 Å². The molecule has 2 heterocycles. The fourth-order valence-corrected chi connectivity index (χ4v) is 4.05. The van der Waals surface area contributed by atoms with Crippen molar-refractivity contribution in [1.82, 2.24) is 19.5 Å². The maximum atomic E-state index is 11.0. The van der Waals surface area contributed by atoms with E-state index in [9.17, 15) is 9.67 Å². The number of rotatable bonds is 4. The smallest absolute Gasteiger partial charge is 0.351 e. The SMILES string of the molecule is Nc1ncnc2c1ncn2[C@@H]1C2C[C@@]2(OCP(=O)(O)O)C[C@@H]1O. The Kier molecular flexibility index (Phi) is 3.07. The van der Waals surface area contributed by atoms with Crippen molar-refractivity contribution in [3.8, 4) is 0 Å². The number of ether oxygens (including phenoxy) is 1. The first-order valence-corrected chi connectivity index (χ1v) is 8.90. The van der Waals surface area contributed by atoms with E-state index in [0.717, 1.165) is 0 Å². The van der Waals surface area contributed by atoms with E-state index in [1.165, 1.54) is 6.33 Å². The Bertz CT molecular complexity index is 821. The van der Waals surface area contributed by atoms with Crippen molar-refractivity contribution >= 4 is 24.6 Å². The predicted octanol–water partition coefficient (Wildman–Crippen LogP) is -0.375. The van der Waals surface area contributed by atoms with Gasteiger partial charge in [-0.15, -0.1) is 0 Å². The number of anilines is 1. The molecule has 1 unspecified atom stereocenters. The number of imidazole rings is 1. The molecular weight excluding hydrogens is 325 g/mol. The Morgan fingerprint density at radius 2 is 2.17 bits per heavy atom. The summed E-state index contributed by atoms with van der Waals surface area (Å²) in [4.78, 5) is 30.2. The third-order valence-corrected chi connectivity index (χ3v) is 5.14. The quantitative estimate of drug-likeness (QED) is 0.544. The van der Waals surface area contributed by atoms with Crippen molar-refractivity contribution in [3.05, 3.63) is 12.7 Å². The molecule has 0 radical (unpaired) electrons. The number of fused-ring (bicyclic) bond motifs is 2. The predicted molar refractivity (Wildman–Crippen MR) is 78.2 cm³/mol. The molecule has 2 aromatic rings. The van der Waals surface area contributed by atoms with Crippen LogP contribution in [-0.2, 0) is 9.30 Å². The minimum atomic E-state index is -4.24. The van der Waals surface area contributed by atoms with Crippen LogP contribution in [0.1, 0.15) is 18.9 Å². The van der Waals surface area contributed by atoms with Crippen molar-refractivity contribution in [2.45, 2.75) is 30.6 Å². The number of nitrogens with two attached hydrogens (primary N) is 1. The lowest BCUT2D eigenvalue weighted by Crippen LogP contribution is -2.22. The number of aromatic nitrogens is 4. The molecule has 0 spiro atoms. The van der Waals surface area contributed by atoms with Crippen LogP contribution in [0.3, 0.4) is 0 Å². The van der Waals surface area contributed by atoms with Crippen molar-refractivity contribution in [1.29, 1.82) is 0 Å². The first-order chi connectivity index (χ1) is 10.8. The first kappa shape index (κ1) is 15.0. The Hall–Kier alpha value is -1.58. The number of nitrogens with zero attached hydrogens (tertiary/aromatic N) is 4. The van der Waals surface area contributed by atoms with Crippen LogP contribution in [0.15, 0.2) is 12.7 Å².